The highest BCUT2D eigenvalue weighted by Gasteiger charge is 2.07. The van der Waals surface area contributed by atoms with Gasteiger partial charge >= 0.3 is 0 Å². The molecule has 16 heavy (non-hydrogen) atoms. The summed E-state index contributed by atoms with van der Waals surface area (Å²) in [6, 6.07) is 5.51. The Hall–Kier alpha value is -1.54. The maximum Gasteiger partial charge on any atom is 0.135 e. The lowest BCUT2D eigenvalue weighted by atomic mass is 10.2. The molecular weight excluding hydrogens is 270 g/mol. The maximum atomic E-state index is 8.97. The van der Waals surface area contributed by atoms with Crippen molar-refractivity contribution in [2.45, 2.75) is 0 Å². The molecule has 0 fully saturated rings. The minimum absolute atomic E-state index is 0.505. The predicted octanol–water partition coefficient (Wildman–Crippen LogP) is 2.55. The lowest BCUT2D eigenvalue weighted by molar-refractivity contribution is 0.412. The first-order valence-corrected chi connectivity index (χ1v) is 5.36. The number of hydrogen-bond donors (Lipinski definition) is 0. The lowest BCUT2D eigenvalue weighted by Gasteiger charge is -2.07. The van der Waals surface area contributed by atoms with Crippen molar-refractivity contribution in [2.24, 2.45) is 4.99 Å². The molecule has 0 aromatic heterocycles. The summed E-state index contributed by atoms with van der Waals surface area (Å²) < 4.78 is 5.89. The zero-order valence-electron chi connectivity index (χ0n) is 9.36. The molecule has 0 atom stereocenters. The number of methoxy groups -OCH3 is 1. The summed E-state index contributed by atoms with van der Waals surface area (Å²) in [6.45, 7) is 0. The van der Waals surface area contributed by atoms with Crippen molar-refractivity contribution in [1.29, 1.82) is 5.26 Å². The van der Waals surface area contributed by atoms with Gasteiger partial charge in [-0.05, 0) is 22.0 Å². The van der Waals surface area contributed by atoms with Crippen molar-refractivity contribution in [2.75, 3.05) is 21.2 Å². The molecule has 0 saturated carbocycles. The van der Waals surface area contributed by atoms with E-state index in [1.165, 1.54) is 0 Å². The normalized spacial score (nSPS) is 10.2. The molecule has 84 valence electrons. The van der Waals surface area contributed by atoms with Gasteiger partial charge in [-0.2, -0.15) is 5.26 Å². The summed E-state index contributed by atoms with van der Waals surface area (Å²) in [5.74, 6) is 0.657. The highest BCUT2D eigenvalue weighted by atomic mass is 79.9. The standard InChI is InChI=1S/C11H12BrN3O/c1-15(2)7-14-10-5-11(16-3)9(12)4-8(10)6-13/h4-5,7H,1-3H3. The molecule has 0 radical (unpaired) electrons. The monoisotopic (exact) mass is 281 g/mol. The van der Waals surface area contributed by atoms with Crippen LogP contribution in [0.2, 0.25) is 0 Å². The van der Waals surface area contributed by atoms with Gasteiger partial charge in [0.25, 0.3) is 0 Å². The Labute approximate surface area is 103 Å². The summed E-state index contributed by atoms with van der Waals surface area (Å²) in [4.78, 5) is 6.01. The average molecular weight is 282 g/mol. The van der Waals surface area contributed by atoms with Gasteiger partial charge in [0.05, 0.1) is 29.2 Å². The molecular formula is C11H12BrN3O. The Morgan fingerprint density at radius 1 is 1.50 bits per heavy atom. The van der Waals surface area contributed by atoms with Gasteiger partial charge in [-0.1, -0.05) is 0 Å². The number of nitrogens with zero attached hydrogens (tertiary/aromatic N) is 3. The molecule has 1 aromatic carbocycles. The molecule has 0 unspecified atom stereocenters. The highest BCUT2D eigenvalue weighted by Crippen LogP contribution is 2.32. The van der Waals surface area contributed by atoms with E-state index in [0.717, 1.165) is 4.47 Å². The fraction of sp³-hybridized carbons (Fsp3) is 0.273. The molecule has 5 heteroatoms. The summed E-state index contributed by atoms with van der Waals surface area (Å²) in [5, 5.41) is 8.97. The van der Waals surface area contributed by atoms with Crippen molar-refractivity contribution >= 4 is 28.0 Å². The molecule has 0 aliphatic heterocycles. The van der Waals surface area contributed by atoms with E-state index in [2.05, 4.69) is 27.0 Å². The van der Waals surface area contributed by atoms with E-state index in [9.17, 15) is 0 Å². The molecule has 0 bridgehead atoms. The minimum Gasteiger partial charge on any atom is -0.495 e. The number of hydrogen-bond acceptors (Lipinski definition) is 3. The largest absolute Gasteiger partial charge is 0.495 e. The van der Waals surface area contributed by atoms with E-state index < -0.39 is 0 Å². The van der Waals surface area contributed by atoms with E-state index in [0.29, 0.717) is 17.0 Å². The molecule has 1 rings (SSSR count). The molecule has 0 heterocycles. The molecule has 0 aliphatic rings. The van der Waals surface area contributed by atoms with Crippen LogP contribution in [0.1, 0.15) is 5.56 Å². The Kier molecular flexibility index (Phi) is 4.32. The van der Waals surface area contributed by atoms with Gasteiger partial charge in [-0.25, -0.2) is 4.99 Å². The lowest BCUT2D eigenvalue weighted by Crippen LogP contribution is -2.07. The molecule has 0 spiro atoms. The van der Waals surface area contributed by atoms with Gasteiger partial charge in [0.2, 0.25) is 0 Å². The SMILES string of the molecule is COc1cc(N=CN(C)C)c(C#N)cc1Br. The third-order valence-electron chi connectivity index (χ3n) is 1.82. The van der Waals surface area contributed by atoms with Crippen LogP contribution in [0, 0.1) is 11.3 Å². The van der Waals surface area contributed by atoms with E-state index in [-0.39, 0.29) is 0 Å². The van der Waals surface area contributed by atoms with Crippen molar-refractivity contribution < 1.29 is 4.74 Å². The third kappa shape index (κ3) is 2.97. The Morgan fingerprint density at radius 2 is 2.19 bits per heavy atom. The van der Waals surface area contributed by atoms with Crippen LogP contribution in [0.5, 0.6) is 5.75 Å². The van der Waals surface area contributed by atoms with Crippen molar-refractivity contribution in [1.82, 2.24) is 4.90 Å². The number of halogens is 1. The van der Waals surface area contributed by atoms with Crippen LogP contribution < -0.4 is 4.74 Å². The Bertz CT molecular complexity index is 449. The minimum atomic E-state index is 0.505. The second kappa shape index (κ2) is 5.52. The smallest absolute Gasteiger partial charge is 0.135 e. The highest BCUT2D eigenvalue weighted by molar-refractivity contribution is 9.10. The maximum absolute atomic E-state index is 8.97. The van der Waals surface area contributed by atoms with Gasteiger partial charge in [0.1, 0.15) is 11.8 Å². The van der Waals surface area contributed by atoms with E-state index in [1.54, 1.807) is 30.5 Å². The van der Waals surface area contributed by atoms with Crippen molar-refractivity contribution in [3.63, 3.8) is 0 Å². The van der Waals surface area contributed by atoms with E-state index >= 15 is 0 Å². The van der Waals surface area contributed by atoms with Gasteiger partial charge < -0.3 is 9.64 Å². The van der Waals surface area contributed by atoms with Crippen LogP contribution in [-0.4, -0.2) is 32.4 Å². The number of ether oxygens (including phenoxy) is 1. The van der Waals surface area contributed by atoms with Crippen LogP contribution in [0.4, 0.5) is 5.69 Å². The quantitative estimate of drug-likeness (QED) is 0.632. The van der Waals surface area contributed by atoms with E-state index in [1.807, 2.05) is 14.1 Å². The van der Waals surface area contributed by atoms with Crippen LogP contribution >= 0.6 is 15.9 Å². The third-order valence-corrected chi connectivity index (χ3v) is 2.44. The summed E-state index contributed by atoms with van der Waals surface area (Å²) in [7, 11) is 5.31. The van der Waals surface area contributed by atoms with Gasteiger partial charge in [-0.15, -0.1) is 0 Å². The predicted molar refractivity (Wildman–Crippen MR) is 67.2 cm³/mol. The summed E-state index contributed by atoms with van der Waals surface area (Å²) in [6.07, 6.45) is 1.64. The van der Waals surface area contributed by atoms with Gasteiger partial charge in [-0.3, -0.25) is 0 Å². The van der Waals surface area contributed by atoms with E-state index in [4.69, 9.17) is 10.00 Å². The van der Waals surface area contributed by atoms with Gasteiger partial charge in [0.15, 0.2) is 0 Å². The number of rotatable bonds is 3. The zero-order chi connectivity index (χ0) is 12.1. The van der Waals surface area contributed by atoms with Crippen molar-refractivity contribution in [3.05, 3.63) is 22.2 Å². The molecule has 0 saturated heterocycles. The van der Waals surface area contributed by atoms with Crippen LogP contribution in [0.25, 0.3) is 0 Å². The summed E-state index contributed by atoms with van der Waals surface area (Å²) in [5.41, 5.74) is 1.10. The summed E-state index contributed by atoms with van der Waals surface area (Å²) >= 11 is 3.32. The molecule has 0 amide bonds. The van der Waals surface area contributed by atoms with Crippen LogP contribution in [0.15, 0.2) is 21.6 Å². The molecule has 4 nitrogen and oxygen atoms in total. The number of benzene rings is 1. The first-order chi connectivity index (χ1) is 7.58. The second-order valence-electron chi connectivity index (χ2n) is 3.32. The number of nitriles is 1. The fourth-order valence-corrected chi connectivity index (χ4v) is 1.58. The van der Waals surface area contributed by atoms with Crippen LogP contribution in [0.3, 0.4) is 0 Å². The van der Waals surface area contributed by atoms with Gasteiger partial charge in [0, 0.05) is 20.2 Å². The zero-order valence-corrected chi connectivity index (χ0v) is 10.9. The molecule has 0 aliphatic carbocycles. The first-order valence-electron chi connectivity index (χ1n) is 4.56. The van der Waals surface area contributed by atoms with Crippen LogP contribution in [-0.2, 0) is 0 Å². The molecule has 1 aromatic rings. The van der Waals surface area contributed by atoms with Crippen molar-refractivity contribution in [3.8, 4) is 11.8 Å². The molecule has 0 N–H and O–H groups in total. The topological polar surface area (TPSA) is 48.6 Å². The Balaban J connectivity index is 3.21. The first kappa shape index (κ1) is 12.5. The average Bonchev–Trinajstić information content (AvgIpc) is 2.26. The Morgan fingerprint density at radius 3 is 2.69 bits per heavy atom. The number of aliphatic imine (C=N–C) groups is 1. The fourth-order valence-electron chi connectivity index (χ4n) is 1.07. The second-order valence-corrected chi connectivity index (χ2v) is 4.18.